The number of furan rings is 1. The molecule has 0 aromatic carbocycles. The monoisotopic (exact) mass is 258 g/mol. The van der Waals surface area contributed by atoms with Crippen molar-refractivity contribution >= 4 is 5.97 Å². The van der Waals surface area contributed by atoms with Crippen LogP contribution in [0.15, 0.2) is 10.5 Å². The Labute approximate surface area is 105 Å². The van der Waals surface area contributed by atoms with Crippen LogP contribution in [0, 0.1) is 6.92 Å². The van der Waals surface area contributed by atoms with E-state index >= 15 is 0 Å². The first kappa shape index (κ1) is 14.7. The van der Waals surface area contributed by atoms with Gasteiger partial charge in [0.05, 0.1) is 33.0 Å². The Morgan fingerprint density at radius 2 is 1.94 bits per heavy atom. The van der Waals surface area contributed by atoms with Gasteiger partial charge in [0.1, 0.15) is 5.76 Å². The Kier molecular flexibility index (Phi) is 6.42. The van der Waals surface area contributed by atoms with Crippen molar-refractivity contribution in [3.8, 4) is 0 Å². The highest BCUT2D eigenvalue weighted by Crippen LogP contribution is 2.15. The molecule has 1 heterocycles. The Morgan fingerprint density at radius 3 is 2.56 bits per heavy atom. The Hall–Kier alpha value is -1.37. The molecule has 1 N–H and O–H groups in total. The van der Waals surface area contributed by atoms with Crippen molar-refractivity contribution in [2.24, 2.45) is 0 Å². The van der Waals surface area contributed by atoms with Gasteiger partial charge in [-0.25, -0.2) is 4.79 Å². The van der Waals surface area contributed by atoms with Crippen molar-refractivity contribution in [2.45, 2.75) is 13.5 Å². The molecule has 6 nitrogen and oxygen atoms in total. The van der Waals surface area contributed by atoms with Crippen LogP contribution < -0.4 is 0 Å². The molecule has 0 unspecified atom stereocenters. The quantitative estimate of drug-likeness (QED) is 0.676. The van der Waals surface area contributed by atoms with Crippen LogP contribution in [0.1, 0.15) is 21.9 Å². The first-order valence-electron chi connectivity index (χ1n) is 5.62. The normalized spacial score (nSPS) is 10.8. The summed E-state index contributed by atoms with van der Waals surface area (Å²) in [6, 6.07) is 1.48. The molecule has 0 amide bonds. The maximum absolute atomic E-state index is 10.7. The second-order valence-corrected chi connectivity index (χ2v) is 3.65. The molecule has 1 aromatic rings. The first-order chi connectivity index (χ1) is 8.65. The third-order valence-corrected chi connectivity index (χ3v) is 2.29. The van der Waals surface area contributed by atoms with Crippen molar-refractivity contribution in [2.75, 3.05) is 33.5 Å². The van der Waals surface area contributed by atoms with Gasteiger partial charge < -0.3 is 23.7 Å². The average molecular weight is 258 g/mol. The maximum atomic E-state index is 10.7. The molecular weight excluding hydrogens is 240 g/mol. The van der Waals surface area contributed by atoms with Crippen molar-refractivity contribution in [1.29, 1.82) is 0 Å². The van der Waals surface area contributed by atoms with Crippen molar-refractivity contribution in [1.82, 2.24) is 0 Å². The van der Waals surface area contributed by atoms with Crippen LogP contribution in [0.2, 0.25) is 0 Å². The maximum Gasteiger partial charge on any atom is 0.371 e. The Morgan fingerprint density at radius 1 is 1.28 bits per heavy atom. The van der Waals surface area contributed by atoms with E-state index in [1.807, 2.05) is 0 Å². The van der Waals surface area contributed by atoms with Crippen molar-refractivity contribution in [3.63, 3.8) is 0 Å². The minimum atomic E-state index is -1.08. The smallest absolute Gasteiger partial charge is 0.371 e. The number of aromatic carboxylic acids is 1. The number of carbonyl (C=O) groups is 1. The number of carboxylic acids is 1. The number of ether oxygens (including phenoxy) is 3. The summed E-state index contributed by atoms with van der Waals surface area (Å²) >= 11 is 0. The minimum Gasteiger partial charge on any atom is -0.475 e. The van der Waals surface area contributed by atoms with Gasteiger partial charge >= 0.3 is 5.97 Å². The highest BCUT2D eigenvalue weighted by atomic mass is 16.5. The van der Waals surface area contributed by atoms with Crippen LogP contribution in [-0.2, 0) is 20.8 Å². The predicted octanol–water partition coefficient (Wildman–Crippen LogP) is 1.47. The van der Waals surface area contributed by atoms with Crippen LogP contribution in [0.25, 0.3) is 0 Å². The number of carboxylic acid groups (broad SMARTS) is 1. The lowest BCUT2D eigenvalue weighted by atomic mass is 10.2. The lowest BCUT2D eigenvalue weighted by molar-refractivity contribution is 0.0197. The van der Waals surface area contributed by atoms with Crippen LogP contribution in [0.4, 0.5) is 0 Å². The van der Waals surface area contributed by atoms with E-state index in [-0.39, 0.29) is 5.76 Å². The van der Waals surface area contributed by atoms with Crippen LogP contribution >= 0.6 is 0 Å². The standard InChI is InChI=1S/C12H18O6/c1-9-10(7-11(18-9)12(13)14)8-17-6-5-16-4-3-15-2/h7H,3-6,8H2,1-2H3,(H,13,14). The van der Waals surface area contributed by atoms with Crippen molar-refractivity contribution in [3.05, 3.63) is 23.2 Å². The molecule has 0 bridgehead atoms. The van der Waals surface area contributed by atoms with E-state index < -0.39 is 5.97 Å². The molecule has 0 atom stereocenters. The summed E-state index contributed by atoms with van der Waals surface area (Å²) in [5, 5.41) is 8.75. The second kappa shape index (κ2) is 7.86. The third-order valence-electron chi connectivity index (χ3n) is 2.29. The van der Waals surface area contributed by atoms with Gasteiger partial charge in [-0.3, -0.25) is 0 Å². The fourth-order valence-corrected chi connectivity index (χ4v) is 1.31. The Bertz CT molecular complexity index is 371. The molecule has 0 aliphatic heterocycles. The zero-order valence-electron chi connectivity index (χ0n) is 10.6. The number of methoxy groups -OCH3 is 1. The molecule has 18 heavy (non-hydrogen) atoms. The zero-order valence-corrected chi connectivity index (χ0v) is 10.6. The summed E-state index contributed by atoms with van der Waals surface area (Å²) in [7, 11) is 1.61. The number of rotatable bonds is 9. The summed E-state index contributed by atoms with van der Waals surface area (Å²) in [5.74, 6) is -0.581. The fraction of sp³-hybridized carbons (Fsp3) is 0.583. The molecule has 0 radical (unpaired) electrons. The van der Waals surface area contributed by atoms with Gasteiger partial charge in [0.15, 0.2) is 0 Å². The second-order valence-electron chi connectivity index (χ2n) is 3.65. The minimum absolute atomic E-state index is 0.0672. The van der Waals surface area contributed by atoms with Crippen LogP contribution in [0.3, 0.4) is 0 Å². The van der Waals surface area contributed by atoms with E-state index in [0.717, 1.165) is 5.56 Å². The summed E-state index contributed by atoms with van der Waals surface area (Å²) in [4.78, 5) is 10.7. The van der Waals surface area contributed by atoms with Gasteiger partial charge in [-0.15, -0.1) is 0 Å². The molecule has 0 aliphatic rings. The summed E-state index contributed by atoms with van der Waals surface area (Å²) < 4.78 is 20.5. The van der Waals surface area contributed by atoms with Gasteiger partial charge in [-0.05, 0) is 13.0 Å². The number of hydrogen-bond donors (Lipinski definition) is 1. The lowest BCUT2D eigenvalue weighted by Crippen LogP contribution is -2.08. The molecular formula is C12H18O6. The number of hydrogen-bond acceptors (Lipinski definition) is 5. The van der Waals surface area contributed by atoms with E-state index in [4.69, 9.17) is 23.7 Å². The largest absolute Gasteiger partial charge is 0.475 e. The average Bonchev–Trinajstić information content (AvgIpc) is 2.70. The van der Waals surface area contributed by atoms with Gasteiger partial charge in [0, 0.05) is 12.7 Å². The van der Waals surface area contributed by atoms with E-state index in [2.05, 4.69) is 0 Å². The molecule has 0 saturated carbocycles. The molecule has 1 rings (SSSR count). The van der Waals surface area contributed by atoms with Crippen LogP contribution in [0.5, 0.6) is 0 Å². The lowest BCUT2D eigenvalue weighted by Gasteiger charge is -2.04. The molecule has 0 fully saturated rings. The molecule has 6 heteroatoms. The molecule has 0 aliphatic carbocycles. The Balaban J connectivity index is 2.21. The van der Waals surface area contributed by atoms with Crippen LogP contribution in [-0.4, -0.2) is 44.6 Å². The van der Waals surface area contributed by atoms with E-state index in [0.29, 0.717) is 38.8 Å². The van der Waals surface area contributed by atoms with E-state index in [9.17, 15) is 4.79 Å². The van der Waals surface area contributed by atoms with Gasteiger partial charge in [-0.2, -0.15) is 0 Å². The predicted molar refractivity (Wildman–Crippen MR) is 62.8 cm³/mol. The fourth-order valence-electron chi connectivity index (χ4n) is 1.31. The molecule has 1 aromatic heterocycles. The van der Waals surface area contributed by atoms with E-state index in [1.165, 1.54) is 6.07 Å². The highest BCUT2D eigenvalue weighted by molar-refractivity contribution is 5.84. The van der Waals surface area contributed by atoms with E-state index in [1.54, 1.807) is 14.0 Å². The third kappa shape index (κ3) is 4.87. The van der Waals surface area contributed by atoms with Gasteiger partial charge in [0.2, 0.25) is 5.76 Å². The summed E-state index contributed by atoms with van der Waals surface area (Å²) in [6.07, 6.45) is 0. The van der Waals surface area contributed by atoms with Gasteiger partial charge in [-0.1, -0.05) is 0 Å². The summed E-state index contributed by atoms with van der Waals surface area (Å²) in [5.41, 5.74) is 0.740. The first-order valence-corrected chi connectivity index (χ1v) is 5.62. The SMILES string of the molecule is COCCOCCOCc1cc(C(=O)O)oc1C. The zero-order chi connectivity index (χ0) is 13.4. The molecule has 102 valence electrons. The highest BCUT2D eigenvalue weighted by Gasteiger charge is 2.12. The topological polar surface area (TPSA) is 78.1 Å². The molecule has 0 spiro atoms. The summed E-state index contributed by atoms with van der Waals surface area (Å²) in [6.45, 7) is 4.04. The number of aryl methyl sites for hydroxylation is 1. The van der Waals surface area contributed by atoms with Crippen molar-refractivity contribution < 1.29 is 28.5 Å². The molecule has 0 saturated heterocycles. The van der Waals surface area contributed by atoms with Gasteiger partial charge in [0.25, 0.3) is 0 Å².